The molecular weight excluding hydrogens is 243 g/mol. The van der Waals surface area contributed by atoms with Crippen molar-refractivity contribution in [3.63, 3.8) is 0 Å². The molecule has 1 aliphatic rings. The number of halogens is 3. The first kappa shape index (κ1) is 12.9. The van der Waals surface area contributed by atoms with Gasteiger partial charge in [0.1, 0.15) is 0 Å². The Morgan fingerprint density at radius 2 is 1.94 bits per heavy atom. The topological polar surface area (TPSA) is 27.6 Å². The van der Waals surface area contributed by atoms with Crippen molar-refractivity contribution >= 4 is 6.34 Å². The summed E-state index contributed by atoms with van der Waals surface area (Å²) in [5, 5.41) is 2.99. The molecule has 1 aliphatic heterocycles. The summed E-state index contributed by atoms with van der Waals surface area (Å²) >= 11 is 0. The molecule has 2 rings (SSSR count). The van der Waals surface area contributed by atoms with Crippen molar-refractivity contribution in [3.8, 4) is 0 Å². The Morgan fingerprint density at radius 1 is 1.22 bits per heavy atom. The van der Waals surface area contributed by atoms with Gasteiger partial charge >= 0.3 is 6.18 Å². The van der Waals surface area contributed by atoms with Crippen LogP contribution in [0.4, 0.5) is 13.2 Å². The molecule has 0 aliphatic carbocycles. The van der Waals surface area contributed by atoms with Crippen LogP contribution in [0.2, 0.25) is 0 Å². The zero-order chi connectivity index (χ0) is 13.0. The molecule has 1 heterocycles. The molecule has 98 valence electrons. The lowest BCUT2D eigenvalue weighted by Gasteiger charge is -2.23. The first-order valence-electron chi connectivity index (χ1n) is 5.66. The Balaban J connectivity index is 1.88. The second kappa shape index (κ2) is 5.39. The zero-order valence-corrected chi connectivity index (χ0v) is 9.74. The molecule has 0 fully saturated rings. The van der Waals surface area contributed by atoms with Crippen LogP contribution >= 0.6 is 0 Å². The minimum Gasteiger partial charge on any atom is -0.364 e. The number of rotatable bonds is 3. The molecule has 0 bridgehead atoms. The summed E-state index contributed by atoms with van der Waals surface area (Å²) in [6.07, 6.45) is -1.88. The van der Waals surface area contributed by atoms with Crippen molar-refractivity contribution in [2.45, 2.75) is 12.6 Å². The molecule has 0 radical (unpaired) electrons. The van der Waals surface area contributed by atoms with Crippen LogP contribution in [0.5, 0.6) is 0 Å². The smallest absolute Gasteiger partial charge is 0.364 e. The van der Waals surface area contributed by atoms with Crippen molar-refractivity contribution in [1.82, 2.24) is 10.2 Å². The van der Waals surface area contributed by atoms with E-state index in [-0.39, 0.29) is 0 Å². The lowest BCUT2D eigenvalue weighted by atomic mass is 10.1. The summed E-state index contributed by atoms with van der Waals surface area (Å²) in [6.45, 7) is 2.13. The minimum absolute atomic E-state index is 0.601. The summed E-state index contributed by atoms with van der Waals surface area (Å²) in [6, 6.07) is 5.32. The van der Waals surface area contributed by atoms with Crippen molar-refractivity contribution in [3.05, 3.63) is 35.4 Å². The maximum Gasteiger partial charge on any atom is 0.416 e. The standard InChI is InChI=1S/C12H14F3N3/c13-12(14,15)11-3-1-10(2-4-11)5-6-18-8-16-7-17-9-18/h1-4,7H,5-6,8-9H2,(H,16,17). The van der Waals surface area contributed by atoms with E-state index in [1.165, 1.54) is 12.1 Å². The van der Waals surface area contributed by atoms with E-state index in [9.17, 15) is 13.2 Å². The van der Waals surface area contributed by atoms with Gasteiger partial charge in [-0.15, -0.1) is 0 Å². The van der Waals surface area contributed by atoms with E-state index >= 15 is 0 Å². The largest absolute Gasteiger partial charge is 0.416 e. The Hall–Kier alpha value is -1.56. The van der Waals surface area contributed by atoms with Gasteiger partial charge in [-0.2, -0.15) is 13.2 Å². The first-order valence-corrected chi connectivity index (χ1v) is 5.66. The summed E-state index contributed by atoms with van der Waals surface area (Å²) in [4.78, 5) is 6.14. The lowest BCUT2D eigenvalue weighted by Crippen LogP contribution is -2.39. The molecule has 18 heavy (non-hydrogen) atoms. The number of alkyl halides is 3. The van der Waals surface area contributed by atoms with Crippen molar-refractivity contribution in [1.29, 1.82) is 0 Å². The molecule has 1 N–H and O–H groups in total. The van der Waals surface area contributed by atoms with E-state index in [0.29, 0.717) is 6.67 Å². The van der Waals surface area contributed by atoms with E-state index in [1.807, 2.05) is 0 Å². The second-order valence-electron chi connectivity index (χ2n) is 4.15. The highest BCUT2D eigenvalue weighted by molar-refractivity contribution is 5.54. The van der Waals surface area contributed by atoms with Gasteiger partial charge in [-0.05, 0) is 24.1 Å². The molecule has 0 saturated carbocycles. The summed E-state index contributed by atoms with van der Waals surface area (Å²) in [7, 11) is 0. The van der Waals surface area contributed by atoms with Gasteiger partial charge < -0.3 is 5.32 Å². The molecule has 1 aromatic carbocycles. The molecule has 3 nitrogen and oxygen atoms in total. The molecule has 0 amide bonds. The Bertz CT molecular complexity index is 412. The van der Waals surface area contributed by atoms with E-state index in [2.05, 4.69) is 15.2 Å². The van der Waals surface area contributed by atoms with Gasteiger partial charge in [0, 0.05) is 6.54 Å². The van der Waals surface area contributed by atoms with Crippen LogP contribution in [-0.2, 0) is 12.6 Å². The maximum atomic E-state index is 12.4. The molecule has 1 aromatic rings. The molecule has 0 atom stereocenters. The zero-order valence-electron chi connectivity index (χ0n) is 9.74. The van der Waals surface area contributed by atoms with Crippen LogP contribution < -0.4 is 5.32 Å². The van der Waals surface area contributed by atoms with E-state index in [0.717, 1.165) is 37.3 Å². The molecule has 0 saturated heterocycles. The third kappa shape index (κ3) is 3.46. The summed E-state index contributed by atoms with van der Waals surface area (Å²) < 4.78 is 37.1. The monoisotopic (exact) mass is 257 g/mol. The summed E-state index contributed by atoms with van der Waals surface area (Å²) in [5.41, 5.74) is 0.299. The van der Waals surface area contributed by atoms with Gasteiger partial charge in [0.05, 0.1) is 25.2 Å². The highest BCUT2D eigenvalue weighted by Gasteiger charge is 2.29. The lowest BCUT2D eigenvalue weighted by molar-refractivity contribution is -0.137. The Morgan fingerprint density at radius 3 is 2.50 bits per heavy atom. The quantitative estimate of drug-likeness (QED) is 0.898. The summed E-state index contributed by atoms with van der Waals surface area (Å²) in [5.74, 6) is 0. The highest BCUT2D eigenvalue weighted by atomic mass is 19.4. The van der Waals surface area contributed by atoms with E-state index in [4.69, 9.17) is 0 Å². The molecule has 0 aromatic heterocycles. The van der Waals surface area contributed by atoms with E-state index in [1.54, 1.807) is 6.34 Å². The molecule has 6 heteroatoms. The van der Waals surface area contributed by atoms with Crippen LogP contribution in [0.15, 0.2) is 29.3 Å². The van der Waals surface area contributed by atoms with Gasteiger partial charge in [0.25, 0.3) is 0 Å². The molecule has 0 spiro atoms. The fourth-order valence-electron chi connectivity index (χ4n) is 1.74. The fourth-order valence-corrected chi connectivity index (χ4v) is 1.74. The predicted octanol–water partition coefficient (Wildman–Crippen LogP) is 2.10. The van der Waals surface area contributed by atoms with Crippen LogP contribution in [0.25, 0.3) is 0 Å². The van der Waals surface area contributed by atoms with Crippen molar-refractivity contribution in [2.24, 2.45) is 4.99 Å². The third-order valence-corrected chi connectivity index (χ3v) is 2.78. The van der Waals surface area contributed by atoms with E-state index < -0.39 is 11.7 Å². The number of nitrogens with zero attached hydrogens (tertiary/aromatic N) is 2. The van der Waals surface area contributed by atoms with Crippen LogP contribution in [-0.4, -0.2) is 31.1 Å². The minimum atomic E-state index is -4.26. The van der Waals surface area contributed by atoms with Crippen LogP contribution in [0.1, 0.15) is 11.1 Å². The second-order valence-corrected chi connectivity index (χ2v) is 4.15. The first-order chi connectivity index (χ1) is 8.55. The number of hydrogen-bond donors (Lipinski definition) is 1. The van der Waals surface area contributed by atoms with Crippen LogP contribution in [0.3, 0.4) is 0 Å². The fraction of sp³-hybridized carbons (Fsp3) is 0.417. The van der Waals surface area contributed by atoms with Gasteiger partial charge in [0.2, 0.25) is 0 Å². The predicted molar refractivity (Wildman–Crippen MR) is 63.2 cm³/mol. The Labute approximate surface area is 103 Å². The number of hydrogen-bond acceptors (Lipinski definition) is 3. The number of aliphatic imine (C=N–C) groups is 1. The average molecular weight is 257 g/mol. The van der Waals surface area contributed by atoms with Gasteiger partial charge in [-0.25, -0.2) is 0 Å². The van der Waals surface area contributed by atoms with Gasteiger partial charge in [-0.3, -0.25) is 9.89 Å². The third-order valence-electron chi connectivity index (χ3n) is 2.78. The number of benzene rings is 1. The highest BCUT2D eigenvalue weighted by Crippen LogP contribution is 2.29. The van der Waals surface area contributed by atoms with Gasteiger partial charge in [-0.1, -0.05) is 12.1 Å². The SMILES string of the molecule is FC(F)(F)c1ccc(CCN2CN=CNC2)cc1. The maximum absolute atomic E-state index is 12.4. The van der Waals surface area contributed by atoms with Gasteiger partial charge in [0.15, 0.2) is 0 Å². The van der Waals surface area contributed by atoms with Crippen molar-refractivity contribution < 1.29 is 13.2 Å². The molecule has 0 unspecified atom stereocenters. The molecular formula is C12H14F3N3. The number of nitrogens with one attached hydrogen (secondary N) is 1. The average Bonchev–Trinajstić information content (AvgIpc) is 2.37. The normalized spacial score (nSPS) is 16.6. The van der Waals surface area contributed by atoms with Crippen LogP contribution in [0, 0.1) is 0 Å². The van der Waals surface area contributed by atoms with Crippen molar-refractivity contribution in [2.75, 3.05) is 19.9 Å². The Kier molecular flexibility index (Phi) is 3.86.